The highest BCUT2D eigenvalue weighted by atomic mass is 16.6. The predicted octanol–water partition coefficient (Wildman–Crippen LogP) is 26.9. The van der Waals surface area contributed by atoms with Crippen molar-refractivity contribution < 1.29 is 86.4 Å². The number of fused-ring (bicyclic) bond motifs is 3. The summed E-state index contributed by atoms with van der Waals surface area (Å²) in [6.07, 6.45) is -8.73. The Labute approximate surface area is 855 Å². The fourth-order valence-electron chi connectivity index (χ4n) is 19.0. The van der Waals surface area contributed by atoms with E-state index in [-0.39, 0.29) is 137 Å². The topological polar surface area (TPSA) is 199 Å². The molecule has 3 heterocycles. The SMILES string of the molecule is O[C@@H]1C(c2c(OCc3ccccc3)cc(OCc3ccccc3)c3c2O[C@H](c2ccc(OCc4ccccc4)c(OCc4ccccc4)c2)[C@H](O)C3c2c(OCc3ccccc3)cc(OCc3ccccc3)c3c2O[C@H](c2ccc(OCc4ccccc4)c(OCc4ccccc4)c2)[C@@H](O)C3)c2c(OCc3ccccc3)cc(OCc3ccccc3)cc2O[C@@H]1c1ccc(OCc2ccccc2)c(OCc2ccccc2)c1. The van der Waals surface area contributed by atoms with Gasteiger partial charge in [0, 0.05) is 58.5 Å². The molecule has 0 aliphatic carbocycles. The molecule has 18 nitrogen and oxygen atoms in total. The minimum absolute atomic E-state index is 0.0191. The largest absolute Gasteiger partial charge is 0.489 e. The molecule has 18 aromatic rings. The number of hydrogen-bond acceptors (Lipinski definition) is 18. The molecule has 147 heavy (non-hydrogen) atoms. The first-order chi connectivity index (χ1) is 72.6. The third kappa shape index (κ3) is 23.4. The lowest BCUT2D eigenvalue weighted by molar-refractivity contribution is -0.00630. The van der Waals surface area contributed by atoms with E-state index in [0.717, 1.165) is 66.8 Å². The van der Waals surface area contributed by atoms with Crippen molar-refractivity contribution in [2.45, 2.75) is 134 Å². The van der Waals surface area contributed by atoms with Gasteiger partial charge in [-0.25, -0.2) is 0 Å². The molecule has 0 saturated heterocycles. The third-order valence-corrected chi connectivity index (χ3v) is 26.5. The van der Waals surface area contributed by atoms with Crippen LogP contribution in [0.5, 0.6) is 86.2 Å². The van der Waals surface area contributed by atoms with Gasteiger partial charge in [-0.2, -0.15) is 0 Å². The van der Waals surface area contributed by atoms with Gasteiger partial charge in [0.1, 0.15) is 149 Å². The summed E-state index contributed by atoms with van der Waals surface area (Å²) in [4.78, 5) is 0. The van der Waals surface area contributed by atoms with Gasteiger partial charge in [-0.15, -0.1) is 0 Å². The molecule has 0 saturated carbocycles. The maximum absolute atomic E-state index is 15.5. The molecule has 8 atom stereocenters. The molecule has 0 spiro atoms. The number of aliphatic hydroxyl groups is 3. The molecule has 0 radical (unpaired) electrons. The molecular formula is C129H110O18. The minimum Gasteiger partial charge on any atom is -0.489 e. The Morgan fingerprint density at radius 2 is 0.415 bits per heavy atom. The van der Waals surface area contributed by atoms with E-state index in [2.05, 4.69) is 0 Å². The standard InChI is InChI=1S/C129H110O18/c130-104-72-103-108(137-79-91-45-21-5-22-46-91)73-113(142-84-96-55-31-10-32-56-96)118(128(103)146-125(104)99-61-64-105(134-76-88-39-15-2-16-40-88)109(67-99)138-80-92-47-23-6-24-48-92)122-120-115(144-86-98-59-35-12-36-60-98)74-114(143-85-97-57-33-11-34-58-97)119(129(120)147-127(124(122)132)101-63-66-107(136-78-90-43-19-4-20-44-90)111(69-101)140-82-94-51-27-8-28-52-94)121-117-112(141-83-95-53-29-9-30-54-95)70-102(133-75-87-37-13-1-14-38-87)71-116(117)145-126(123(121)131)100-62-65-106(135-77-89-41-17-3-18-42-89)110(68-100)139-81-93-49-25-7-26-50-93/h1-71,73-74,104,121-127,130-132H,72,75-86H2/t104-,121?,122?,123+,124+,125+,126+,127+/m0/s1. The highest BCUT2D eigenvalue weighted by Gasteiger charge is 2.52. The van der Waals surface area contributed by atoms with Crippen molar-refractivity contribution in [3.05, 3.63) is 554 Å². The highest BCUT2D eigenvalue weighted by molar-refractivity contribution is 5.72. The Bertz CT molecular complexity index is 7360. The van der Waals surface area contributed by atoms with Crippen LogP contribution in [0.2, 0.25) is 0 Å². The second-order valence-corrected chi connectivity index (χ2v) is 36.7. The number of hydrogen-bond donors (Lipinski definition) is 3. The molecule has 0 fully saturated rings. The lowest BCUT2D eigenvalue weighted by Gasteiger charge is -2.44. The molecule has 18 heteroatoms. The zero-order valence-electron chi connectivity index (χ0n) is 80.9. The number of ether oxygens (including phenoxy) is 15. The molecule has 734 valence electrons. The van der Waals surface area contributed by atoms with Gasteiger partial charge in [-0.3, -0.25) is 0 Å². The van der Waals surface area contributed by atoms with Crippen molar-refractivity contribution in [3.8, 4) is 86.2 Å². The van der Waals surface area contributed by atoms with Crippen molar-refractivity contribution in [2.24, 2.45) is 0 Å². The summed E-state index contributed by atoms with van der Waals surface area (Å²) in [5, 5.41) is 44.3. The third-order valence-electron chi connectivity index (χ3n) is 26.5. The number of benzene rings is 18. The maximum Gasteiger partial charge on any atom is 0.162 e. The first kappa shape index (κ1) is 96.0. The second kappa shape index (κ2) is 46.5. The van der Waals surface area contributed by atoms with Crippen LogP contribution >= 0.6 is 0 Å². The second-order valence-electron chi connectivity index (χ2n) is 36.7. The first-order valence-electron chi connectivity index (χ1n) is 49.7. The normalized spacial score (nSPS) is 16.3. The van der Waals surface area contributed by atoms with Crippen molar-refractivity contribution >= 4 is 0 Å². The van der Waals surface area contributed by atoms with Crippen LogP contribution in [0.4, 0.5) is 0 Å². The van der Waals surface area contributed by atoms with Gasteiger partial charge in [-0.1, -0.05) is 382 Å². The van der Waals surface area contributed by atoms with Gasteiger partial charge in [0.05, 0.1) is 17.9 Å². The van der Waals surface area contributed by atoms with Crippen LogP contribution < -0.4 is 71.1 Å². The average molecular weight is 1950 g/mol. The Hall–Kier alpha value is -17.2. The lowest BCUT2D eigenvalue weighted by Crippen LogP contribution is -2.39. The fraction of sp³-hybridized carbons (Fsp3) is 0.163. The zero-order chi connectivity index (χ0) is 99.2. The Balaban J connectivity index is 0.843. The molecular weight excluding hydrogens is 1840 g/mol. The van der Waals surface area contributed by atoms with Gasteiger partial charge in [0.15, 0.2) is 46.7 Å². The number of aliphatic hydroxyl groups excluding tert-OH is 3. The minimum atomic E-state index is -1.73. The van der Waals surface area contributed by atoms with E-state index in [1.165, 1.54) is 0 Å². The summed E-state index contributed by atoms with van der Waals surface area (Å²) in [6.45, 7) is 1.22. The van der Waals surface area contributed by atoms with Crippen molar-refractivity contribution in [1.29, 1.82) is 0 Å². The molecule has 2 unspecified atom stereocenters. The predicted molar refractivity (Wildman–Crippen MR) is 563 cm³/mol. The van der Waals surface area contributed by atoms with Crippen molar-refractivity contribution in [1.82, 2.24) is 0 Å². The summed E-state index contributed by atoms with van der Waals surface area (Å²) >= 11 is 0. The van der Waals surface area contributed by atoms with Crippen LogP contribution in [-0.2, 0) is 85.7 Å². The average Bonchev–Trinajstić information content (AvgIpc) is 0.702. The van der Waals surface area contributed by atoms with E-state index < -0.39 is 48.5 Å². The zero-order valence-corrected chi connectivity index (χ0v) is 80.9. The Morgan fingerprint density at radius 3 is 0.714 bits per heavy atom. The monoisotopic (exact) mass is 1950 g/mol. The van der Waals surface area contributed by atoms with Gasteiger partial charge in [0.2, 0.25) is 0 Å². The molecule has 21 rings (SSSR count). The molecule has 18 aromatic carbocycles. The van der Waals surface area contributed by atoms with E-state index in [9.17, 15) is 5.11 Å². The highest BCUT2D eigenvalue weighted by Crippen LogP contribution is 2.64. The van der Waals surface area contributed by atoms with Crippen LogP contribution in [0.3, 0.4) is 0 Å². The van der Waals surface area contributed by atoms with Crippen LogP contribution in [-0.4, -0.2) is 33.6 Å². The quantitative estimate of drug-likeness (QED) is 0.0326. The summed E-state index contributed by atoms with van der Waals surface area (Å²) in [5.74, 6) is 1.78. The van der Waals surface area contributed by atoms with Crippen molar-refractivity contribution in [2.75, 3.05) is 0 Å². The van der Waals surface area contributed by atoms with E-state index in [0.29, 0.717) is 79.4 Å². The van der Waals surface area contributed by atoms with Gasteiger partial charge in [0.25, 0.3) is 0 Å². The first-order valence-corrected chi connectivity index (χ1v) is 49.7. The van der Waals surface area contributed by atoms with Gasteiger partial charge < -0.3 is 86.4 Å². The Morgan fingerprint density at radius 1 is 0.190 bits per heavy atom. The van der Waals surface area contributed by atoms with Crippen LogP contribution in [0.25, 0.3) is 0 Å². The van der Waals surface area contributed by atoms with Crippen LogP contribution in [0.1, 0.15) is 141 Å². The smallest absolute Gasteiger partial charge is 0.162 e. The fourth-order valence-corrected chi connectivity index (χ4v) is 19.0. The van der Waals surface area contributed by atoms with E-state index in [1.54, 1.807) is 0 Å². The molecule has 0 bridgehead atoms. The summed E-state index contributed by atoms with van der Waals surface area (Å²) in [7, 11) is 0. The Kier molecular flexibility index (Phi) is 30.4. The van der Waals surface area contributed by atoms with Crippen molar-refractivity contribution in [3.63, 3.8) is 0 Å². The molecule has 3 aliphatic rings. The summed E-state index contributed by atoms with van der Waals surface area (Å²) in [6, 6.07) is 143. The van der Waals surface area contributed by atoms with Crippen LogP contribution in [0.15, 0.2) is 443 Å². The molecule has 0 aromatic heterocycles. The van der Waals surface area contributed by atoms with E-state index in [1.807, 2.05) is 443 Å². The molecule has 3 N–H and O–H groups in total. The number of rotatable bonds is 41. The van der Waals surface area contributed by atoms with E-state index >= 15 is 10.2 Å². The summed E-state index contributed by atoms with van der Waals surface area (Å²) in [5.41, 5.74) is 13.6. The lowest BCUT2D eigenvalue weighted by atomic mass is 9.73. The summed E-state index contributed by atoms with van der Waals surface area (Å²) < 4.78 is 110. The van der Waals surface area contributed by atoms with Gasteiger partial charge >= 0.3 is 0 Å². The maximum atomic E-state index is 15.5. The van der Waals surface area contributed by atoms with Crippen LogP contribution in [0, 0.1) is 0 Å². The van der Waals surface area contributed by atoms with E-state index in [4.69, 9.17) is 71.1 Å². The van der Waals surface area contributed by atoms with Gasteiger partial charge in [-0.05, 0) is 120 Å². The molecule has 3 aliphatic heterocycles. The molecule has 0 amide bonds.